The molecule has 0 aromatic carbocycles. The predicted molar refractivity (Wildman–Crippen MR) is 102 cm³/mol. The Hall–Kier alpha value is -0.710. The molecule has 4 heteroatoms. The maximum atomic E-state index is 13.1. The number of carbonyl (C=O) groups excluding carboxylic acids is 1. The molecule has 1 N–H and O–H groups in total. The topological polar surface area (TPSA) is 59.1 Å². The van der Waals surface area contributed by atoms with E-state index in [0.717, 1.165) is 38.5 Å². The Kier molecular flexibility index (Phi) is 4.00. The first-order valence-corrected chi connectivity index (χ1v) is 10.9. The van der Waals surface area contributed by atoms with Crippen LogP contribution in [0.25, 0.3) is 0 Å². The Morgan fingerprint density at radius 2 is 2.11 bits per heavy atom. The molecule has 1 saturated heterocycles. The fraction of sp³-hybridized carbons (Fsp3) is 0.870. The first-order valence-electron chi connectivity index (χ1n) is 10.9. The number of ketones is 1. The maximum Gasteiger partial charge on any atom is 0.170 e. The summed E-state index contributed by atoms with van der Waals surface area (Å²) in [7, 11) is 1.66. The molecule has 1 heterocycles. The fourth-order valence-electron chi connectivity index (χ4n) is 7.94. The van der Waals surface area contributed by atoms with Crippen molar-refractivity contribution in [3.05, 3.63) is 11.6 Å². The van der Waals surface area contributed by atoms with Gasteiger partial charge in [0, 0.05) is 18.9 Å². The summed E-state index contributed by atoms with van der Waals surface area (Å²) < 4.78 is 11.3. The molecule has 5 aliphatic rings. The molecule has 0 unspecified atom stereocenters. The molecule has 0 aromatic rings. The number of allylic oxidation sites excluding steroid dienone is 1. The van der Waals surface area contributed by atoms with Gasteiger partial charge in [-0.05, 0) is 68.1 Å². The number of fused-ring (bicyclic) bond motifs is 7. The molecule has 1 aliphatic heterocycles. The zero-order chi connectivity index (χ0) is 19.0. The van der Waals surface area contributed by atoms with Gasteiger partial charge in [0.25, 0.3) is 0 Å². The maximum absolute atomic E-state index is 13.1. The van der Waals surface area contributed by atoms with Gasteiger partial charge in [-0.3, -0.25) is 4.79 Å². The van der Waals surface area contributed by atoms with E-state index in [-0.39, 0.29) is 28.8 Å². The first-order chi connectivity index (χ1) is 12.9. The van der Waals surface area contributed by atoms with E-state index < -0.39 is 5.60 Å². The van der Waals surface area contributed by atoms with Crippen molar-refractivity contribution in [1.82, 2.24) is 0 Å². The van der Waals surface area contributed by atoms with Gasteiger partial charge >= 0.3 is 0 Å². The van der Waals surface area contributed by atoms with E-state index in [4.69, 9.17) is 9.47 Å². The van der Waals surface area contributed by atoms with Crippen molar-refractivity contribution in [3.63, 3.8) is 0 Å². The zero-order valence-corrected chi connectivity index (χ0v) is 17.0. The highest BCUT2D eigenvalue weighted by atomic mass is 16.6. The van der Waals surface area contributed by atoms with Gasteiger partial charge in [0.2, 0.25) is 0 Å². The summed E-state index contributed by atoms with van der Waals surface area (Å²) in [5.74, 6) is 2.22. The van der Waals surface area contributed by atoms with E-state index in [1.165, 1.54) is 12.0 Å². The molecule has 4 fully saturated rings. The van der Waals surface area contributed by atoms with Crippen molar-refractivity contribution in [3.8, 4) is 0 Å². The Bertz CT molecular complexity index is 686. The molecule has 0 aromatic heterocycles. The standard InChI is InChI=1S/C23H34O4/c1-21-9-6-15(24)12-14(21)4-5-16-17(21)7-10-22(2)18(16)13-20-23(22,27-20)19(25)8-11-26-3/h4,15-18,20,24H,5-13H2,1-3H3/t15-,16-,17+,18-,20-,21+,22+,23-/m1/s1. The fourth-order valence-corrected chi connectivity index (χ4v) is 7.94. The van der Waals surface area contributed by atoms with E-state index in [1.54, 1.807) is 7.11 Å². The molecule has 8 atom stereocenters. The highest BCUT2D eigenvalue weighted by Crippen LogP contribution is 2.73. The lowest BCUT2D eigenvalue weighted by atomic mass is 9.47. The number of methoxy groups -OCH3 is 1. The molecule has 150 valence electrons. The lowest BCUT2D eigenvalue weighted by Gasteiger charge is -2.58. The van der Waals surface area contributed by atoms with Crippen molar-refractivity contribution in [2.75, 3.05) is 13.7 Å². The summed E-state index contributed by atoms with van der Waals surface area (Å²) in [5.41, 5.74) is 1.23. The number of aliphatic hydroxyl groups is 1. The minimum atomic E-state index is -0.519. The van der Waals surface area contributed by atoms with Gasteiger partial charge in [-0.25, -0.2) is 0 Å². The van der Waals surface area contributed by atoms with Crippen LogP contribution < -0.4 is 0 Å². The van der Waals surface area contributed by atoms with Crippen molar-refractivity contribution >= 4 is 5.78 Å². The molecule has 0 bridgehead atoms. The third kappa shape index (κ3) is 2.24. The Labute approximate surface area is 162 Å². The third-order valence-electron chi connectivity index (χ3n) is 9.46. The van der Waals surface area contributed by atoms with E-state index in [2.05, 4.69) is 19.9 Å². The molecular formula is C23H34O4. The second kappa shape index (κ2) is 5.90. The van der Waals surface area contributed by atoms with Gasteiger partial charge in [0.1, 0.15) is 0 Å². The Balaban J connectivity index is 1.44. The molecule has 0 amide bonds. The smallest absolute Gasteiger partial charge is 0.170 e. The highest BCUT2D eigenvalue weighted by molar-refractivity contribution is 5.92. The minimum Gasteiger partial charge on any atom is -0.393 e. The van der Waals surface area contributed by atoms with Crippen LogP contribution in [0.4, 0.5) is 0 Å². The van der Waals surface area contributed by atoms with Crippen LogP contribution in [0.1, 0.15) is 65.2 Å². The molecule has 0 radical (unpaired) electrons. The van der Waals surface area contributed by atoms with Gasteiger partial charge in [-0.1, -0.05) is 25.5 Å². The van der Waals surface area contributed by atoms with E-state index in [0.29, 0.717) is 30.8 Å². The van der Waals surface area contributed by atoms with Crippen LogP contribution >= 0.6 is 0 Å². The summed E-state index contributed by atoms with van der Waals surface area (Å²) in [5, 5.41) is 10.2. The van der Waals surface area contributed by atoms with Gasteiger partial charge in [-0.2, -0.15) is 0 Å². The summed E-state index contributed by atoms with van der Waals surface area (Å²) in [6, 6.07) is 0. The van der Waals surface area contributed by atoms with E-state index in [1.807, 2.05) is 0 Å². The largest absolute Gasteiger partial charge is 0.393 e. The molecule has 0 spiro atoms. The van der Waals surface area contributed by atoms with Crippen molar-refractivity contribution in [2.24, 2.45) is 28.6 Å². The Morgan fingerprint density at radius 3 is 2.89 bits per heavy atom. The van der Waals surface area contributed by atoms with Crippen LogP contribution in [0.3, 0.4) is 0 Å². The van der Waals surface area contributed by atoms with Crippen LogP contribution in [0, 0.1) is 28.6 Å². The summed E-state index contributed by atoms with van der Waals surface area (Å²) in [4.78, 5) is 13.1. The molecule has 4 aliphatic carbocycles. The molecule has 27 heavy (non-hydrogen) atoms. The molecular weight excluding hydrogens is 340 g/mol. The van der Waals surface area contributed by atoms with Gasteiger partial charge in [0.15, 0.2) is 11.4 Å². The lowest BCUT2D eigenvalue weighted by Crippen LogP contribution is -2.54. The van der Waals surface area contributed by atoms with Crippen molar-refractivity contribution < 1.29 is 19.4 Å². The number of aliphatic hydroxyl groups excluding tert-OH is 1. The number of hydrogen-bond donors (Lipinski definition) is 1. The number of ether oxygens (including phenoxy) is 2. The molecule has 5 rings (SSSR count). The quantitative estimate of drug-likeness (QED) is 0.603. The van der Waals surface area contributed by atoms with Crippen LogP contribution in [-0.2, 0) is 14.3 Å². The first kappa shape index (κ1) is 18.3. The van der Waals surface area contributed by atoms with Crippen LogP contribution in [0.15, 0.2) is 11.6 Å². The van der Waals surface area contributed by atoms with Crippen molar-refractivity contribution in [1.29, 1.82) is 0 Å². The molecule has 4 nitrogen and oxygen atoms in total. The minimum absolute atomic E-state index is 0.0143. The van der Waals surface area contributed by atoms with Gasteiger partial charge in [0.05, 0.1) is 18.8 Å². The monoisotopic (exact) mass is 374 g/mol. The zero-order valence-electron chi connectivity index (χ0n) is 17.0. The summed E-state index contributed by atoms with van der Waals surface area (Å²) >= 11 is 0. The van der Waals surface area contributed by atoms with Crippen LogP contribution in [0.2, 0.25) is 0 Å². The normalized spacial score (nSPS) is 52.9. The predicted octanol–water partition coefficient (Wildman–Crippen LogP) is 3.66. The SMILES string of the molecule is COCCC(=O)[C@@]12O[C@@H]1C[C@@H]1[C@@H]3CC=C4C[C@H](O)CC[C@]4(C)[C@H]3CC[C@@]12C. The van der Waals surface area contributed by atoms with Crippen molar-refractivity contribution in [2.45, 2.75) is 83.0 Å². The van der Waals surface area contributed by atoms with Crippen LogP contribution in [-0.4, -0.2) is 42.4 Å². The summed E-state index contributed by atoms with van der Waals surface area (Å²) in [6.07, 6.45) is 10.3. The number of carbonyl (C=O) groups is 1. The average Bonchev–Trinajstić information content (AvgIpc) is 3.32. The van der Waals surface area contributed by atoms with E-state index in [9.17, 15) is 9.90 Å². The number of epoxide rings is 1. The number of hydrogen-bond acceptors (Lipinski definition) is 4. The second-order valence-corrected chi connectivity index (χ2v) is 10.4. The lowest BCUT2D eigenvalue weighted by molar-refractivity contribution is -0.138. The molecule has 3 saturated carbocycles. The van der Waals surface area contributed by atoms with Gasteiger partial charge in [-0.15, -0.1) is 0 Å². The average molecular weight is 375 g/mol. The Morgan fingerprint density at radius 1 is 1.30 bits per heavy atom. The van der Waals surface area contributed by atoms with E-state index >= 15 is 0 Å². The second-order valence-electron chi connectivity index (χ2n) is 10.4. The highest BCUT2D eigenvalue weighted by Gasteiger charge is 2.79. The summed E-state index contributed by atoms with van der Waals surface area (Å²) in [6.45, 7) is 5.30. The number of rotatable bonds is 4. The van der Waals surface area contributed by atoms with Crippen LogP contribution in [0.5, 0.6) is 0 Å². The number of Topliss-reactive ketones (excluding diaryl/α,β-unsaturated/α-hetero) is 1. The van der Waals surface area contributed by atoms with Gasteiger partial charge < -0.3 is 14.6 Å². The third-order valence-corrected chi connectivity index (χ3v) is 9.46.